The molecule has 0 heterocycles. The third kappa shape index (κ3) is 4.30. The minimum absolute atomic E-state index is 1.20. The fourth-order valence-corrected chi connectivity index (χ4v) is 18.4. The summed E-state index contributed by atoms with van der Waals surface area (Å²) in [7, 11) is -2.78. The fourth-order valence-electron chi connectivity index (χ4n) is 3.22. The summed E-state index contributed by atoms with van der Waals surface area (Å²) in [6.07, 6.45) is 8.14. The number of hydrogen-bond donors (Lipinski definition) is 0. The van der Waals surface area contributed by atoms with Gasteiger partial charge in [0, 0.05) is 0 Å². The van der Waals surface area contributed by atoms with E-state index in [1.165, 1.54) is 18.5 Å². The number of rotatable bonds is 7. The molecule has 21 heavy (non-hydrogen) atoms. The van der Waals surface area contributed by atoms with E-state index in [9.17, 15) is 0 Å². The second kappa shape index (κ2) is 6.68. The Morgan fingerprint density at radius 2 is 1.48 bits per heavy atom. The van der Waals surface area contributed by atoms with Crippen LogP contribution in [0.15, 0.2) is 45.7 Å². The second-order valence-corrected chi connectivity index (χ2v) is 28.7. The summed E-state index contributed by atoms with van der Waals surface area (Å²) in [5.74, 6) is 0. The van der Waals surface area contributed by atoms with E-state index in [4.69, 9.17) is 0 Å². The predicted octanol–water partition coefficient (Wildman–Crippen LogP) is 6.74. The first-order chi connectivity index (χ1) is 9.47. The van der Waals surface area contributed by atoms with Crippen LogP contribution < -0.4 is 0 Å². The molecule has 0 fully saturated rings. The van der Waals surface area contributed by atoms with E-state index in [2.05, 4.69) is 73.5 Å². The molecule has 0 saturated carbocycles. The van der Waals surface area contributed by atoms with Gasteiger partial charge in [0.05, 0.1) is 0 Å². The van der Waals surface area contributed by atoms with Crippen LogP contribution in [0.4, 0.5) is 0 Å². The molecule has 0 unspecified atom stereocenters. The molecule has 3 heteroatoms. The van der Waals surface area contributed by atoms with Crippen molar-refractivity contribution in [2.45, 2.75) is 60.6 Å². The first kappa shape index (κ1) is 19.1. The van der Waals surface area contributed by atoms with E-state index < -0.39 is 32.2 Å². The molecule has 0 bridgehead atoms. The van der Waals surface area contributed by atoms with Crippen molar-refractivity contribution in [3.05, 3.63) is 45.7 Å². The maximum atomic E-state index is 4.03. The van der Waals surface area contributed by atoms with Crippen LogP contribution in [-0.2, 0) is 16.1 Å². The SMILES string of the molecule is C=CC[Si](C)(C)C1=CC[C]([Pt]([CH3])([CH3])[CH3])=C1[Si](C)(C)CC=C. The van der Waals surface area contributed by atoms with E-state index in [1.807, 2.05) is 9.16 Å². The molecule has 0 spiro atoms. The van der Waals surface area contributed by atoms with Gasteiger partial charge >= 0.3 is 139 Å². The Morgan fingerprint density at radius 1 is 1.00 bits per heavy atom. The van der Waals surface area contributed by atoms with Gasteiger partial charge in [-0.3, -0.25) is 0 Å². The van der Waals surface area contributed by atoms with Gasteiger partial charge in [-0.2, -0.15) is 0 Å². The molecule has 0 aromatic heterocycles. The summed E-state index contributed by atoms with van der Waals surface area (Å²) in [5.41, 5.74) is 0. The van der Waals surface area contributed by atoms with Crippen molar-refractivity contribution < 1.29 is 16.1 Å². The topological polar surface area (TPSA) is 0 Å². The van der Waals surface area contributed by atoms with Crippen molar-refractivity contribution in [2.75, 3.05) is 0 Å². The van der Waals surface area contributed by atoms with E-state index in [-0.39, 0.29) is 0 Å². The summed E-state index contributed by atoms with van der Waals surface area (Å²) in [5, 5.41) is 11.3. The van der Waals surface area contributed by atoms with E-state index >= 15 is 0 Å². The fraction of sp³-hybridized carbons (Fsp3) is 0.556. The normalized spacial score (nSPS) is 17.8. The predicted molar refractivity (Wildman–Crippen MR) is 102 cm³/mol. The zero-order valence-electron chi connectivity index (χ0n) is 15.1. The summed E-state index contributed by atoms with van der Waals surface area (Å²) in [6.45, 7) is 18.2. The Hall–Kier alpha value is 0.0821. The summed E-state index contributed by atoms with van der Waals surface area (Å²) in [6, 6.07) is 2.41. The molecule has 0 saturated heterocycles. The van der Waals surface area contributed by atoms with Gasteiger partial charge in [0.1, 0.15) is 0 Å². The first-order valence-corrected chi connectivity index (χ1v) is 21.9. The van der Waals surface area contributed by atoms with Gasteiger partial charge in [0.25, 0.3) is 0 Å². The summed E-state index contributed by atoms with van der Waals surface area (Å²) < 4.78 is 1.88. The van der Waals surface area contributed by atoms with Crippen molar-refractivity contribution in [1.82, 2.24) is 0 Å². The molecule has 0 aromatic rings. The molecule has 124 valence electrons. The summed E-state index contributed by atoms with van der Waals surface area (Å²) in [4.78, 5) is 0. The molecule has 1 aliphatic rings. The maximum absolute atomic E-state index is 4.03. The Kier molecular flexibility index (Phi) is 6.09. The van der Waals surface area contributed by atoms with Crippen LogP contribution >= 0.6 is 0 Å². The standard InChI is InChI=1S/C15H25Si2.3CH3.Pt/c1-7-12-16(3,4)14-10-9-11-15(14)17(5,6)13-8-2;;;;/h7-8,10H,1-2,9,12-13H2,3-6H3;3*1H3;. The molecule has 1 aliphatic carbocycles. The molecule has 0 aromatic carbocycles. The van der Waals surface area contributed by atoms with E-state index in [0.717, 1.165) is 0 Å². The molecular formula is C18H34PtSi2. The molecule has 0 radical (unpaired) electrons. The van der Waals surface area contributed by atoms with Crippen LogP contribution in [0.1, 0.15) is 6.42 Å². The third-order valence-corrected chi connectivity index (χ3v) is 16.7. The number of allylic oxidation sites excluding steroid dienone is 6. The molecule has 0 nitrogen and oxygen atoms in total. The molecule has 0 N–H and O–H groups in total. The zero-order valence-corrected chi connectivity index (χ0v) is 19.4. The van der Waals surface area contributed by atoms with Gasteiger partial charge in [0.2, 0.25) is 0 Å². The molecular weight excluding hydrogens is 467 g/mol. The van der Waals surface area contributed by atoms with Crippen LogP contribution in [0.2, 0.25) is 54.2 Å². The van der Waals surface area contributed by atoms with Gasteiger partial charge in [0.15, 0.2) is 0 Å². The molecule has 0 amide bonds. The monoisotopic (exact) mass is 501 g/mol. The van der Waals surface area contributed by atoms with Crippen LogP contribution in [0, 0.1) is 0 Å². The Balaban J connectivity index is 3.45. The van der Waals surface area contributed by atoms with Crippen LogP contribution in [0.25, 0.3) is 0 Å². The average molecular weight is 502 g/mol. The van der Waals surface area contributed by atoms with Gasteiger partial charge < -0.3 is 0 Å². The second-order valence-electron chi connectivity index (χ2n) is 7.74. The Bertz CT molecular complexity index is 488. The Labute approximate surface area is 138 Å². The summed E-state index contributed by atoms with van der Waals surface area (Å²) >= 11 is -1.70. The van der Waals surface area contributed by atoms with Gasteiger partial charge in [-0.1, -0.05) is 0 Å². The van der Waals surface area contributed by atoms with Gasteiger partial charge in [-0.15, -0.1) is 0 Å². The van der Waals surface area contributed by atoms with Crippen LogP contribution in [0.5, 0.6) is 0 Å². The van der Waals surface area contributed by atoms with Gasteiger partial charge in [-0.05, 0) is 0 Å². The van der Waals surface area contributed by atoms with Crippen LogP contribution in [-0.4, -0.2) is 16.1 Å². The van der Waals surface area contributed by atoms with Crippen LogP contribution in [0.3, 0.4) is 0 Å². The van der Waals surface area contributed by atoms with Crippen molar-refractivity contribution >= 4 is 16.1 Å². The van der Waals surface area contributed by atoms with Crippen molar-refractivity contribution in [2.24, 2.45) is 0 Å². The number of hydrogen-bond acceptors (Lipinski definition) is 0. The van der Waals surface area contributed by atoms with Crippen molar-refractivity contribution in [3.8, 4) is 0 Å². The first-order valence-electron chi connectivity index (χ1n) is 7.50. The van der Waals surface area contributed by atoms with Crippen molar-refractivity contribution in [1.29, 1.82) is 0 Å². The van der Waals surface area contributed by atoms with E-state index in [1.54, 1.807) is 5.20 Å². The van der Waals surface area contributed by atoms with Crippen molar-refractivity contribution in [3.63, 3.8) is 0 Å². The third-order valence-electron chi connectivity index (χ3n) is 4.29. The minimum atomic E-state index is -1.70. The molecule has 0 aliphatic heterocycles. The van der Waals surface area contributed by atoms with E-state index in [0.29, 0.717) is 0 Å². The van der Waals surface area contributed by atoms with Gasteiger partial charge in [-0.25, -0.2) is 0 Å². The average Bonchev–Trinajstić information content (AvgIpc) is 2.73. The molecule has 1 rings (SSSR count). The quantitative estimate of drug-likeness (QED) is 0.268. The molecule has 0 atom stereocenters. The Morgan fingerprint density at radius 3 is 1.90 bits per heavy atom. The zero-order chi connectivity index (χ0) is 16.5.